The highest BCUT2D eigenvalue weighted by Crippen LogP contribution is 2.40. The van der Waals surface area contributed by atoms with E-state index >= 15 is 0 Å². The van der Waals surface area contributed by atoms with Crippen molar-refractivity contribution < 1.29 is 18.3 Å². The monoisotopic (exact) mass is 331 g/mol. The summed E-state index contributed by atoms with van der Waals surface area (Å²) < 4.78 is 27.0. The Hall–Kier alpha value is -0.920. The van der Waals surface area contributed by atoms with Crippen LogP contribution in [0, 0.1) is 12.3 Å². The summed E-state index contributed by atoms with van der Waals surface area (Å²) in [5.41, 5.74) is 0.567. The number of hydrogen-bond acceptors (Lipinski definition) is 4. The van der Waals surface area contributed by atoms with Gasteiger partial charge < -0.3 is 5.11 Å². The van der Waals surface area contributed by atoms with Crippen molar-refractivity contribution >= 4 is 27.3 Å². The van der Waals surface area contributed by atoms with Gasteiger partial charge in [-0.25, -0.2) is 13.2 Å². The van der Waals surface area contributed by atoms with Gasteiger partial charge in [0.15, 0.2) is 0 Å². The number of thiophene rings is 1. The second-order valence-corrected chi connectivity index (χ2v) is 8.90. The molecule has 1 aromatic heterocycles. The van der Waals surface area contributed by atoms with Crippen molar-refractivity contribution in [2.75, 3.05) is 13.1 Å². The summed E-state index contributed by atoms with van der Waals surface area (Å²) in [6.07, 6.45) is 2.79. The van der Waals surface area contributed by atoms with Gasteiger partial charge in [0.2, 0.25) is 0 Å². The number of carboxylic acids is 1. The smallest absolute Gasteiger partial charge is 0.346 e. The third-order valence-corrected chi connectivity index (χ3v) is 8.11. The van der Waals surface area contributed by atoms with E-state index in [-0.39, 0.29) is 14.5 Å². The van der Waals surface area contributed by atoms with Crippen LogP contribution >= 0.6 is 11.3 Å². The summed E-state index contributed by atoms with van der Waals surface area (Å²) in [5.74, 6) is -1.07. The zero-order valence-electron chi connectivity index (χ0n) is 12.5. The fraction of sp³-hybridized carbons (Fsp3) is 0.643. The van der Waals surface area contributed by atoms with Crippen LogP contribution in [0.15, 0.2) is 10.3 Å². The number of hydrogen-bond donors (Lipinski definition) is 1. The standard InChI is InChI=1S/C14H21NO4S2/c1-4-14(5-2)6-7-15(9-14)21(18,19)11-8-10(3)12(20-11)13(16)17/h8H,4-7,9H2,1-3H3,(H,16,17). The SMILES string of the molecule is CCC1(CC)CCN(S(=O)(=O)c2cc(C)c(C(=O)O)s2)C1. The molecule has 0 unspecified atom stereocenters. The lowest BCUT2D eigenvalue weighted by molar-refractivity contribution is 0.0701. The lowest BCUT2D eigenvalue weighted by Crippen LogP contribution is -2.31. The topological polar surface area (TPSA) is 74.7 Å². The van der Waals surface area contributed by atoms with Crippen LogP contribution in [0.4, 0.5) is 0 Å². The molecule has 1 aliphatic rings. The molecule has 0 radical (unpaired) electrons. The molecule has 0 saturated carbocycles. The first kappa shape index (κ1) is 16.5. The van der Waals surface area contributed by atoms with Gasteiger partial charge in [-0.3, -0.25) is 0 Å². The van der Waals surface area contributed by atoms with Gasteiger partial charge in [0.25, 0.3) is 10.0 Å². The molecule has 0 spiro atoms. The van der Waals surface area contributed by atoms with Crippen LogP contribution in [0.3, 0.4) is 0 Å². The Morgan fingerprint density at radius 2 is 2.05 bits per heavy atom. The van der Waals surface area contributed by atoms with Gasteiger partial charge in [0.1, 0.15) is 9.09 Å². The molecule has 0 amide bonds. The lowest BCUT2D eigenvalue weighted by Gasteiger charge is -2.26. The summed E-state index contributed by atoms with van der Waals surface area (Å²) in [5, 5.41) is 9.07. The molecule has 7 heteroatoms. The van der Waals surface area contributed by atoms with Crippen LogP contribution < -0.4 is 0 Å². The summed E-state index contributed by atoms with van der Waals surface area (Å²) in [4.78, 5) is 11.2. The molecular formula is C14H21NO4S2. The second-order valence-electron chi connectivity index (χ2n) is 5.68. The minimum Gasteiger partial charge on any atom is -0.477 e. The molecule has 0 aliphatic carbocycles. The van der Waals surface area contributed by atoms with E-state index in [0.29, 0.717) is 18.7 Å². The van der Waals surface area contributed by atoms with Gasteiger partial charge >= 0.3 is 5.97 Å². The lowest BCUT2D eigenvalue weighted by atomic mass is 9.82. The highest BCUT2D eigenvalue weighted by Gasteiger charge is 2.41. The Morgan fingerprint density at radius 3 is 2.48 bits per heavy atom. The zero-order chi connectivity index (χ0) is 15.8. The maximum atomic E-state index is 12.7. The van der Waals surface area contributed by atoms with Crippen molar-refractivity contribution in [2.24, 2.45) is 5.41 Å². The van der Waals surface area contributed by atoms with E-state index in [1.54, 1.807) is 6.92 Å². The molecule has 0 bridgehead atoms. The Bertz CT molecular complexity index is 644. The largest absolute Gasteiger partial charge is 0.477 e. The van der Waals surface area contributed by atoms with Crippen LogP contribution in [-0.4, -0.2) is 36.9 Å². The van der Waals surface area contributed by atoms with Crippen LogP contribution in [0.25, 0.3) is 0 Å². The first-order valence-corrected chi connectivity index (χ1v) is 9.35. The van der Waals surface area contributed by atoms with E-state index in [1.165, 1.54) is 10.4 Å². The fourth-order valence-corrected chi connectivity index (χ4v) is 5.93. The first-order chi connectivity index (χ1) is 9.75. The molecule has 118 valence electrons. The molecule has 1 aromatic rings. The summed E-state index contributed by atoms with van der Waals surface area (Å²) in [6, 6.07) is 1.47. The number of aryl methyl sites for hydroxylation is 1. The molecule has 0 atom stereocenters. The second kappa shape index (κ2) is 5.70. The van der Waals surface area contributed by atoms with E-state index in [0.717, 1.165) is 30.6 Å². The van der Waals surface area contributed by atoms with Crippen molar-refractivity contribution in [1.29, 1.82) is 0 Å². The van der Waals surface area contributed by atoms with Crippen LogP contribution in [0.5, 0.6) is 0 Å². The maximum absolute atomic E-state index is 12.7. The van der Waals surface area contributed by atoms with Crippen LogP contribution in [0.1, 0.15) is 48.3 Å². The Labute approximate surface area is 129 Å². The number of carbonyl (C=O) groups is 1. The van der Waals surface area contributed by atoms with Crippen molar-refractivity contribution in [3.63, 3.8) is 0 Å². The van der Waals surface area contributed by atoms with Crippen LogP contribution in [-0.2, 0) is 10.0 Å². The average Bonchev–Trinajstić information content (AvgIpc) is 3.03. The third kappa shape index (κ3) is 2.86. The highest BCUT2D eigenvalue weighted by atomic mass is 32.2. The predicted octanol–water partition coefficient (Wildman–Crippen LogP) is 2.96. The number of rotatable bonds is 5. The van der Waals surface area contributed by atoms with Gasteiger partial charge in [-0.2, -0.15) is 4.31 Å². The third-order valence-electron chi connectivity index (χ3n) is 4.59. The van der Waals surface area contributed by atoms with Gasteiger partial charge in [-0.15, -0.1) is 11.3 Å². The number of nitrogens with zero attached hydrogens (tertiary/aromatic N) is 1. The average molecular weight is 331 g/mol. The van der Waals surface area contributed by atoms with Gasteiger partial charge in [-0.05, 0) is 43.2 Å². The maximum Gasteiger partial charge on any atom is 0.346 e. The van der Waals surface area contributed by atoms with E-state index in [4.69, 9.17) is 5.11 Å². The number of aromatic carboxylic acids is 1. The summed E-state index contributed by atoms with van der Waals surface area (Å²) >= 11 is 0.848. The Balaban J connectivity index is 2.32. The quantitative estimate of drug-likeness (QED) is 0.900. The summed E-state index contributed by atoms with van der Waals surface area (Å²) in [6.45, 7) is 6.87. The van der Waals surface area contributed by atoms with Crippen molar-refractivity contribution in [1.82, 2.24) is 4.31 Å². The predicted molar refractivity (Wildman–Crippen MR) is 82.4 cm³/mol. The summed E-state index contributed by atoms with van der Waals surface area (Å²) in [7, 11) is -3.58. The molecule has 1 aliphatic heterocycles. The number of carboxylic acid groups (broad SMARTS) is 1. The first-order valence-electron chi connectivity index (χ1n) is 7.09. The molecule has 1 fully saturated rings. The van der Waals surface area contributed by atoms with Crippen LogP contribution in [0.2, 0.25) is 0 Å². The van der Waals surface area contributed by atoms with E-state index in [9.17, 15) is 13.2 Å². The van der Waals surface area contributed by atoms with Crippen molar-refractivity contribution in [2.45, 2.75) is 44.2 Å². The molecule has 5 nitrogen and oxygen atoms in total. The van der Waals surface area contributed by atoms with Crippen molar-refractivity contribution in [3.8, 4) is 0 Å². The molecule has 2 rings (SSSR count). The number of sulfonamides is 1. The molecular weight excluding hydrogens is 310 g/mol. The highest BCUT2D eigenvalue weighted by molar-refractivity contribution is 7.91. The van der Waals surface area contributed by atoms with Crippen molar-refractivity contribution in [3.05, 3.63) is 16.5 Å². The molecule has 0 aromatic carbocycles. The minimum absolute atomic E-state index is 0.0645. The molecule has 1 N–H and O–H groups in total. The van der Waals surface area contributed by atoms with E-state index in [1.807, 2.05) is 0 Å². The van der Waals surface area contributed by atoms with E-state index < -0.39 is 16.0 Å². The fourth-order valence-electron chi connectivity index (χ4n) is 2.85. The van der Waals surface area contributed by atoms with Gasteiger partial charge in [0.05, 0.1) is 0 Å². The Kier molecular flexibility index (Phi) is 4.46. The van der Waals surface area contributed by atoms with Gasteiger partial charge in [-0.1, -0.05) is 13.8 Å². The molecule has 21 heavy (non-hydrogen) atoms. The van der Waals surface area contributed by atoms with E-state index in [2.05, 4.69) is 13.8 Å². The van der Waals surface area contributed by atoms with Gasteiger partial charge in [0, 0.05) is 13.1 Å². The Morgan fingerprint density at radius 1 is 1.43 bits per heavy atom. The zero-order valence-corrected chi connectivity index (χ0v) is 14.2. The molecule has 2 heterocycles. The normalized spacial score (nSPS) is 19.0. The molecule has 1 saturated heterocycles. The minimum atomic E-state index is -3.58.